The quantitative estimate of drug-likeness (QED) is 0.831. The highest BCUT2D eigenvalue weighted by Crippen LogP contribution is 2.47. The van der Waals surface area contributed by atoms with E-state index in [2.05, 4.69) is 22.0 Å². The van der Waals surface area contributed by atoms with Gasteiger partial charge in [0.1, 0.15) is 5.75 Å². The van der Waals surface area contributed by atoms with E-state index in [0.29, 0.717) is 5.75 Å². The summed E-state index contributed by atoms with van der Waals surface area (Å²) in [5.41, 5.74) is 9.64. The Kier molecular flexibility index (Phi) is 2.30. The van der Waals surface area contributed by atoms with E-state index >= 15 is 0 Å². The van der Waals surface area contributed by atoms with Gasteiger partial charge in [-0.2, -0.15) is 0 Å². The summed E-state index contributed by atoms with van der Waals surface area (Å²) in [7, 11) is 0. The van der Waals surface area contributed by atoms with E-state index in [0.717, 1.165) is 35.7 Å². The van der Waals surface area contributed by atoms with Gasteiger partial charge in [-0.15, -0.1) is 0 Å². The summed E-state index contributed by atoms with van der Waals surface area (Å²) in [6.07, 6.45) is 6.54. The van der Waals surface area contributed by atoms with Crippen LogP contribution >= 0.6 is 15.9 Å². The third-order valence-electron chi connectivity index (χ3n) is 4.09. The highest BCUT2D eigenvalue weighted by molar-refractivity contribution is 9.10. The SMILES string of the molecule is NC1(c2cc3c(c(Br)c2O)CCC3)CCC1. The molecule has 0 radical (unpaired) electrons. The van der Waals surface area contributed by atoms with Crippen LogP contribution < -0.4 is 5.73 Å². The van der Waals surface area contributed by atoms with Crippen LogP contribution in [0.25, 0.3) is 0 Å². The molecule has 0 bridgehead atoms. The van der Waals surface area contributed by atoms with Crippen molar-refractivity contribution in [3.05, 3.63) is 27.2 Å². The summed E-state index contributed by atoms with van der Waals surface area (Å²) < 4.78 is 0.884. The van der Waals surface area contributed by atoms with E-state index in [4.69, 9.17) is 5.73 Å². The van der Waals surface area contributed by atoms with Crippen molar-refractivity contribution in [1.82, 2.24) is 0 Å². The minimum absolute atomic E-state index is 0.274. The Labute approximate surface area is 104 Å². The third kappa shape index (κ3) is 1.34. The average molecular weight is 282 g/mol. The van der Waals surface area contributed by atoms with Crippen molar-refractivity contribution in [2.24, 2.45) is 5.73 Å². The topological polar surface area (TPSA) is 46.2 Å². The van der Waals surface area contributed by atoms with Crippen molar-refractivity contribution in [2.75, 3.05) is 0 Å². The smallest absolute Gasteiger partial charge is 0.135 e. The molecule has 3 rings (SSSR count). The van der Waals surface area contributed by atoms with Gasteiger partial charge in [-0.25, -0.2) is 0 Å². The Morgan fingerprint density at radius 1 is 1.25 bits per heavy atom. The summed E-state index contributed by atoms with van der Waals surface area (Å²) in [6, 6.07) is 2.14. The van der Waals surface area contributed by atoms with Crippen LogP contribution in [0.3, 0.4) is 0 Å². The molecule has 86 valence electrons. The fourth-order valence-electron chi connectivity index (χ4n) is 2.89. The lowest BCUT2D eigenvalue weighted by Gasteiger charge is -2.39. The minimum Gasteiger partial charge on any atom is -0.506 e. The number of phenols is 1. The Morgan fingerprint density at radius 2 is 2.00 bits per heavy atom. The molecular formula is C13H16BrNO. The van der Waals surface area contributed by atoms with Crippen LogP contribution in [-0.2, 0) is 18.4 Å². The number of hydrogen-bond donors (Lipinski definition) is 2. The zero-order chi connectivity index (χ0) is 11.3. The molecule has 0 unspecified atom stereocenters. The molecule has 3 heteroatoms. The molecule has 0 amide bonds. The summed E-state index contributed by atoms with van der Waals surface area (Å²) in [5.74, 6) is 0.378. The number of nitrogens with two attached hydrogens (primary N) is 1. The molecule has 0 aliphatic heterocycles. The molecule has 3 N–H and O–H groups in total. The van der Waals surface area contributed by atoms with Crippen LogP contribution in [0.1, 0.15) is 42.4 Å². The van der Waals surface area contributed by atoms with Crippen LogP contribution in [0.2, 0.25) is 0 Å². The Morgan fingerprint density at radius 3 is 2.62 bits per heavy atom. The maximum atomic E-state index is 10.2. The van der Waals surface area contributed by atoms with E-state index in [9.17, 15) is 5.11 Å². The lowest BCUT2D eigenvalue weighted by atomic mass is 9.72. The van der Waals surface area contributed by atoms with Crippen molar-refractivity contribution in [2.45, 2.75) is 44.1 Å². The van der Waals surface area contributed by atoms with Gasteiger partial charge in [-0.3, -0.25) is 0 Å². The van der Waals surface area contributed by atoms with Crippen molar-refractivity contribution < 1.29 is 5.11 Å². The molecule has 1 saturated carbocycles. The van der Waals surface area contributed by atoms with E-state index in [1.165, 1.54) is 24.0 Å². The van der Waals surface area contributed by atoms with Crippen LogP contribution in [0.4, 0.5) is 0 Å². The van der Waals surface area contributed by atoms with Gasteiger partial charge in [-0.05, 0) is 71.6 Å². The highest BCUT2D eigenvalue weighted by Gasteiger charge is 2.38. The number of halogens is 1. The second-order valence-electron chi connectivity index (χ2n) is 5.09. The van der Waals surface area contributed by atoms with Crippen molar-refractivity contribution >= 4 is 15.9 Å². The molecule has 16 heavy (non-hydrogen) atoms. The molecular weight excluding hydrogens is 266 g/mol. The molecule has 2 aliphatic carbocycles. The van der Waals surface area contributed by atoms with Crippen molar-refractivity contribution in [3.8, 4) is 5.75 Å². The molecule has 0 aromatic heterocycles. The number of fused-ring (bicyclic) bond motifs is 1. The van der Waals surface area contributed by atoms with Crippen molar-refractivity contribution in [3.63, 3.8) is 0 Å². The standard InChI is InChI=1S/C13H16BrNO/c14-11-9-4-1-3-8(9)7-10(12(11)16)13(15)5-2-6-13/h7,16H,1-6,15H2. The lowest BCUT2D eigenvalue weighted by Crippen LogP contribution is -2.43. The molecule has 2 nitrogen and oxygen atoms in total. The fourth-order valence-corrected chi connectivity index (χ4v) is 3.55. The lowest BCUT2D eigenvalue weighted by molar-refractivity contribution is 0.245. The Balaban J connectivity index is 2.16. The predicted octanol–water partition coefficient (Wildman–Crippen LogP) is 2.98. The molecule has 0 spiro atoms. The maximum Gasteiger partial charge on any atom is 0.135 e. The number of aromatic hydroxyl groups is 1. The van der Waals surface area contributed by atoms with Crippen LogP contribution in [-0.4, -0.2) is 5.11 Å². The summed E-state index contributed by atoms with van der Waals surface area (Å²) in [4.78, 5) is 0. The second kappa shape index (κ2) is 3.47. The normalized spacial score (nSPS) is 21.6. The molecule has 1 aromatic rings. The van der Waals surface area contributed by atoms with Crippen LogP contribution in [0, 0.1) is 0 Å². The van der Waals surface area contributed by atoms with Gasteiger partial charge < -0.3 is 10.8 Å². The van der Waals surface area contributed by atoms with Gasteiger partial charge in [0.05, 0.1) is 4.47 Å². The zero-order valence-electron chi connectivity index (χ0n) is 9.22. The van der Waals surface area contributed by atoms with Gasteiger partial charge in [0.15, 0.2) is 0 Å². The maximum absolute atomic E-state index is 10.2. The van der Waals surface area contributed by atoms with E-state index in [1.807, 2.05) is 0 Å². The number of benzene rings is 1. The summed E-state index contributed by atoms with van der Waals surface area (Å²) >= 11 is 3.52. The fraction of sp³-hybridized carbons (Fsp3) is 0.538. The summed E-state index contributed by atoms with van der Waals surface area (Å²) in [6.45, 7) is 0. The van der Waals surface area contributed by atoms with Gasteiger partial charge in [0.25, 0.3) is 0 Å². The largest absolute Gasteiger partial charge is 0.506 e. The van der Waals surface area contributed by atoms with Gasteiger partial charge in [0, 0.05) is 11.1 Å². The monoisotopic (exact) mass is 281 g/mol. The van der Waals surface area contributed by atoms with E-state index < -0.39 is 0 Å². The van der Waals surface area contributed by atoms with Crippen LogP contribution in [0.15, 0.2) is 10.5 Å². The van der Waals surface area contributed by atoms with Crippen LogP contribution in [0.5, 0.6) is 5.75 Å². The molecule has 1 aromatic carbocycles. The first-order valence-electron chi connectivity index (χ1n) is 5.94. The van der Waals surface area contributed by atoms with Gasteiger partial charge in [0.2, 0.25) is 0 Å². The third-order valence-corrected chi connectivity index (χ3v) is 4.94. The first kappa shape index (κ1) is 10.6. The summed E-state index contributed by atoms with van der Waals surface area (Å²) in [5, 5.41) is 10.2. The average Bonchev–Trinajstić information content (AvgIpc) is 2.68. The predicted molar refractivity (Wildman–Crippen MR) is 67.5 cm³/mol. The number of aryl methyl sites for hydroxylation is 1. The first-order chi connectivity index (χ1) is 7.62. The molecule has 0 saturated heterocycles. The number of phenolic OH excluding ortho intramolecular Hbond substituents is 1. The molecule has 0 heterocycles. The zero-order valence-corrected chi connectivity index (χ0v) is 10.8. The Hall–Kier alpha value is -0.540. The second-order valence-corrected chi connectivity index (χ2v) is 5.88. The van der Waals surface area contributed by atoms with Gasteiger partial charge in [-0.1, -0.05) is 0 Å². The Bertz CT molecular complexity index is 452. The first-order valence-corrected chi connectivity index (χ1v) is 6.74. The highest BCUT2D eigenvalue weighted by atomic mass is 79.9. The van der Waals surface area contributed by atoms with E-state index in [-0.39, 0.29) is 5.54 Å². The van der Waals surface area contributed by atoms with Crippen molar-refractivity contribution in [1.29, 1.82) is 0 Å². The molecule has 1 fully saturated rings. The van der Waals surface area contributed by atoms with Gasteiger partial charge >= 0.3 is 0 Å². The number of hydrogen-bond acceptors (Lipinski definition) is 2. The molecule has 0 atom stereocenters. The number of rotatable bonds is 1. The minimum atomic E-state index is -0.274. The van der Waals surface area contributed by atoms with E-state index in [1.54, 1.807) is 0 Å². The molecule has 2 aliphatic rings.